The highest BCUT2D eigenvalue weighted by atomic mass is 16.5. The van der Waals surface area contributed by atoms with Gasteiger partial charge >= 0.3 is 0 Å². The molecular weight excluding hydrogens is 488 g/mol. The van der Waals surface area contributed by atoms with Crippen molar-refractivity contribution >= 4 is 23.1 Å². The Morgan fingerprint density at radius 2 is 1.89 bits per heavy atom. The quantitative estimate of drug-likeness (QED) is 0.275. The number of Topliss-reactive ketones (excluding diaryl/α,β-unsaturated/α-hetero) is 1. The summed E-state index contributed by atoms with van der Waals surface area (Å²) in [5.41, 5.74) is 2.11. The third kappa shape index (κ3) is 4.61. The highest BCUT2D eigenvalue weighted by molar-refractivity contribution is 6.46. The summed E-state index contributed by atoms with van der Waals surface area (Å²) in [5.74, 6) is -0.642. The first-order chi connectivity index (χ1) is 18.4. The van der Waals surface area contributed by atoms with Crippen LogP contribution in [-0.2, 0) is 14.3 Å². The number of carbonyl (C=O) groups is 2. The zero-order valence-corrected chi connectivity index (χ0v) is 21.8. The largest absolute Gasteiger partial charge is 0.505 e. The second-order valence-corrected chi connectivity index (χ2v) is 9.38. The van der Waals surface area contributed by atoms with Crippen LogP contribution in [0.3, 0.4) is 0 Å². The van der Waals surface area contributed by atoms with Gasteiger partial charge in [0.05, 0.1) is 44.7 Å². The number of morpholine rings is 1. The minimum Gasteiger partial charge on any atom is -0.505 e. The number of hydrogen-bond donors (Lipinski definition) is 1. The van der Waals surface area contributed by atoms with Crippen molar-refractivity contribution in [2.45, 2.75) is 19.4 Å². The molecule has 2 aliphatic rings. The maximum atomic E-state index is 13.6. The first kappa shape index (κ1) is 25.7. The number of methoxy groups -OCH3 is 2. The van der Waals surface area contributed by atoms with E-state index in [1.54, 1.807) is 42.8 Å². The molecule has 200 valence electrons. The second-order valence-electron chi connectivity index (χ2n) is 9.38. The van der Waals surface area contributed by atoms with Gasteiger partial charge in [-0.1, -0.05) is 6.07 Å². The first-order valence-corrected chi connectivity index (χ1v) is 12.7. The fraction of sp³-hybridized carbons (Fsp3) is 0.393. The Kier molecular flexibility index (Phi) is 7.35. The van der Waals surface area contributed by atoms with E-state index in [4.69, 9.17) is 14.2 Å². The molecule has 2 aliphatic heterocycles. The number of likely N-dealkylation sites (tertiary alicyclic amines) is 1. The Labute approximate surface area is 221 Å². The van der Waals surface area contributed by atoms with Gasteiger partial charge in [-0.2, -0.15) is 0 Å². The maximum Gasteiger partial charge on any atom is 0.295 e. The second kappa shape index (κ2) is 10.8. The van der Waals surface area contributed by atoms with Gasteiger partial charge in [-0.05, 0) is 43.7 Å². The maximum absolute atomic E-state index is 13.6. The Morgan fingerprint density at radius 3 is 2.63 bits per heavy atom. The zero-order chi connectivity index (χ0) is 26.8. The van der Waals surface area contributed by atoms with Crippen LogP contribution in [0.1, 0.15) is 29.4 Å². The molecule has 0 bridgehead atoms. The fourth-order valence-electron chi connectivity index (χ4n) is 5.30. The molecule has 0 unspecified atom stereocenters. The number of nitrogens with zero attached hydrogens (tertiary/aromatic N) is 4. The van der Waals surface area contributed by atoms with E-state index >= 15 is 0 Å². The Hall–Kier alpha value is -3.89. The monoisotopic (exact) mass is 520 g/mol. The summed E-state index contributed by atoms with van der Waals surface area (Å²) in [6.07, 6.45) is 2.43. The minimum atomic E-state index is -0.863. The number of imidazole rings is 1. The zero-order valence-electron chi connectivity index (χ0n) is 21.8. The number of aromatic nitrogens is 2. The van der Waals surface area contributed by atoms with Crippen LogP contribution in [0.5, 0.6) is 11.5 Å². The molecule has 1 amide bonds. The molecule has 4 heterocycles. The minimum absolute atomic E-state index is 0.00155. The van der Waals surface area contributed by atoms with Crippen LogP contribution < -0.4 is 9.47 Å². The van der Waals surface area contributed by atoms with E-state index in [2.05, 4.69) is 9.88 Å². The van der Waals surface area contributed by atoms with Crippen molar-refractivity contribution in [3.05, 3.63) is 65.1 Å². The molecule has 1 aromatic carbocycles. The van der Waals surface area contributed by atoms with Crippen LogP contribution in [-0.4, -0.2) is 89.6 Å². The number of amides is 1. The van der Waals surface area contributed by atoms with Gasteiger partial charge in [0.25, 0.3) is 11.7 Å². The predicted molar refractivity (Wildman–Crippen MR) is 140 cm³/mol. The summed E-state index contributed by atoms with van der Waals surface area (Å²) in [4.78, 5) is 35.4. The average molecular weight is 521 g/mol. The molecule has 1 N–H and O–H groups in total. The van der Waals surface area contributed by atoms with Crippen LogP contribution >= 0.6 is 0 Å². The molecule has 1 atom stereocenters. The van der Waals surface area contributed by atoms with Gasteiger partial charge in [-0.25, -0.2) is 4.98 Å². The number of ketones is 1. The summed E-state index contributed by atoms with van der Waals surface area (Å²) in [7, 11) is 3.08. The number of aryl methyl sites for hydroxylation is 1. The molecule has 0 spiro atoms. The number of rotatable bonds is 8. The molecule has 10 heteroatoms. The normalized spacial score (nSPS) is 19.9. The average Bonchev–Trinajstić information content (AvgIpc) is 3.41. The topological polar surface area (TPSA) is 106 Å². The van der Waals surface area contributed by atoms with E-state index in [1.165, 1.54) is 12.0 Å². The summed E-state index contributed by atoms with van der Waals surface area (Å²) in [5, 5.41) is 11.7. The van der Waals surface area contributed by atoms with Gasteiger partial charge in [0.15, 0.2) is 5.76 Å². The smallest absolute Gasteiger partial charge is 0.295 e. The van der Waals surface area contributed by atoms with E-state index in [-0.39, 0.29) is 11.3 Å². The predicted octanol–water partition coefficient (Wildman–Crippen LogP) is 2.80. The number of carbonyl (C=O) groups excluding carboxylic acids is 2. The standard InChI is InChI=1S/C28H32N4O6/c1-18-24(31-11-5-4-7-22(31)29-18)26(33)23-25(20-17-19(36-2)8-9-21(20)37-3)32(28(35)27(23)34)12-6-10-30-13-15-38-16-14-30/h4-5,7-9,11,17,25,33H,6,10,12-16H2,1-3H3/t25-/m0/s1. The lowest BCUT2D eigenvalue weighted by Crippen LogP contribution is -2.39. The van der Waals surface area contributed by atoms with Crippen LogP contribution in [0, 0.1) is 6.92 Å². The third-order valence-electron chi connectivity index (χ3n) is 7.18. The lowest BCUT2D eigenvalue weighted by atomic mass is 9.95. The molecule has 38 heavy (non-hydrogen) atoms. The highest BCUT2D eigenvalue weighted by Crippen LogP contribution is 2.44. The van der Waals surface area contributed by atoms with Crippen molar-refractivity contribution < 1.29 is 28.9 Å². The molecule has 2 fully saturated rings. The van der Waals surface area contributed by atoms with E-state index in [0.717, 1.165) is 19.6 Å². The molecule has 0 radical (unpaired) electrons. The molecule has 5 rings (SSSR count). The Morgan fingerprint density at radius 1 is 1.11 bits per heavy atom. The molecule has 3 aromatic rings. The lowest BCUT2D eigenvalue weighted by Gasteiger charge is -2.29. The number of ether oxygens (including phenoxy) is 3. The molecular formula is C28H32N4O6. The van der Waals surface area contributed by atoms with Crippen LogP contribution in [0.15, 0.2) is 48.2 Å². The Balaban J connectivity index is 1.61. The first-order valence-electron chi connectivity index (χ1n) is 12.7. The van der Waals surface area contributed by atoms with E-state index < -0.39 is 17.7 Å². The summed E-state index contributed by atoms with van der Waals surface area (Å²) < 4.78 is 18.2. The summed E-state index contributed by atoms with van der Waals surface area (Å²) in [6, 6.07) is 9.86. The SMILES string of the molecule is COc1ccc(OC)c([C@H]2C(=C(O)c3c(C)nc4ccccn34)C(=O)C(=O)N2CCCN2CCOCC2)c1. The molecule has 0 saturated carbocycles. The highest BCUT2D eigenvalue weighted by Gasteiger charge is 2.47. The number of benzene rings is 1. The molecule has 10 nitrogen and oxygen atoms in total. The van der Waals surface area contributed by atoms with Crippen molar-refractivity contribution in [2.24, 2.45) is 0 Å². The Bertz CT molecular complexity index is 1390. The number of aliphatic hydroxyl groups is 1. The van der Waals surface area contributed by atoms with Crippen molar-refractivity contribution in [1.82, 2.24) is 19.2 Å². The lowest BCUT2D eigenvalue weighted by molar-refractivity contribution is -0.140. The number of aliphatic hydroxyl groups excluding tert-OH is 1. The summed E-state index contributed by atoms with van der Waals surface area (Å²) >= 11 is 0. The van der Waals surface area contributed by atoms with Gasteiger partial charge < -0.3 is 24.2 Å². The van der Waals surface area contributed by atoms with Crippen molar-refractivity contribution in [3.8, 4) is 11.5 Å². The van der Waals surface area contributed by atoms with Crippen LogP contribution in [0.2, 0.25) is 0 Å². The number of fused-ring (bicyclic) bond motifs is 1. The van der Waals surface area contributed by atoms with Crippen molar-refractivity contribution in [3.63, 3.8) is 0 Å². The van der Waals surface area contributed by atoms with E-state index in [9.17, 15) is 14.7 Å². The van der Waals surface area contributed by atoms with Gasteiger partial charge in [-0.3, -0.25) is 18.9 Å². The van der Waals surface area contributed by atoms with Gasteiger partial charge in [0, 0.05) is 37.9 Å². The molecule has 2 aromatic heterocycles. The van der Waals surface area contributed by atoms with Gasteiger partial charge in [-0.15, -0.1) is 0 Å². The third-order valence-corrected chi connectivity index (χ3v) is 7.18. The van der Waals surface area contributed by atoms with E-state index in [1.807, 2.05) is 18.2 Å². The van der Waals surface area contributed by atoms with Gasteiger partial charge in [0.2, 0.25) is 0 Å². The number of hydrogen-bond acceptors (Lipinski definition) is 8. The summed E-state index contributed by atoms with van der Waals surface area (Å²) in [6.45, 7) is 5.89. The number of pyridine rings is 1. The van der Waals surface area contributed by atoms with Crippen LogP contribution in [0.25, 0.3) is 11.4 Å². The molecule has 0 aliphatic carbocycles. The van der Waals surface area contributed by atoms with Crippen molar-refractivity contribution in [2.75, 3.05) is 53.6 Å². The van der Waals surface area contributed by atoms with Gasteiger partial charge in [0.1, 0.15) is 22.8 Å². The van der Waals surface area contributed by atoms with E-state index in [0.29, 0.717) is 60.3 Å². The van der Waals surface area contributed by atoms with Crippen LogP contribution in [0.4, 0.5) is 0 Å². The van der Waals surface area contributed by atoms with Crippen molar-refractivity contribution in [1.29, 1.82) is 0 Å². The fourth-order valence-corrected chi connectivity index (χ4v) is 5.30. The molecule has 2 saturated heterocycles.